The molecule has 126 valence electrons. The molecule has 0 atom stereocenters. The minimum Gasteiger partial charge on any atom is -0.303 e. The fourth-order valence-corrected chi connectivity index (χ4v) is 4.99. The van der Waals surface area contributed by atoms with Crippen LogP contribution in [0.3, 0.4) is 0 Å². The number of thiazole rings is 1. The van der Waals surface area contributed by atoms with Crippen LogP contribution < -0.4 is 5.56 Å². The summed E-state index contributed by atoms with van der Waals surface area (Å²) in [6, 6.07) is 2.12. The number of hydrogen-bond acceptors (Lipinski definition) is 6. The van der Waals surface area contributed by atoms with Gasteiger partial charge in [0.15, 0.2) is 10.1 Å². The zero-order chi connectivity index (χ0) is 16.5. The van der Waals surface area contributed by atoms with Gasteiger partial charge in [-0.3, -0.25) is 9.20 Å². The zero-order valence-corrected chi connectivity index (χ0v) is 15.1. The van der Waals surface area contributed by atoms with Gasteiger partial charge < -0.3 is 4.57 Å². The van der Waals surface area contributed by atoms with E-state index in [1.807, 2.05) is 12.3 Å². The van der Waals surface area contributed by atoms with Crippen molar-refractivity contribution in [2.24, 2.45) is 0 Å². The van der Waals surface area contributed by atoms with Crippen LogP contribution in [0.4, 0.5) is 0 Å². The molecular formula is C16H19N5OS2. The Labute approximate surface area is 148 Å². The summed E-state index contributed by atoms with van der Waals surface area (Å²) in [4.78, 5) is 17.4. The Bertz CT molecular complexity index is 907. The molecule has 0 saturated heterocycles. The van der Waals surface area contributed by atoms with Crippen LogP contribution in [0.5, 0.6) is 0 Å². The lowest BCUT2D eigenvalue weighted by atomic mass is 9.95. The van der Waals surface area contributed by atoms with Crippen LogP contribution in [0.1, 0.15) is 49.7 Å². The molecule has 3 aromatic rings. The highest BCUT2D eigenvalue weighted by Crippen LogP contribution is 2.33. The van der Waals surface area contributed by atoms with Gasteiger partial charge in [-0.25, -0.2) is 4.98 Å². The van der Waals surface area contributed by atoms with E-state index in [2.05, 4.69) is 19.7 Å². The van der Waals surface area contributed by atoms with Gasteiger partial charge in [-0.05, 0) is 19.8 Å². The van der Waals surface area contributed by atoms with E-state index in [4.69, 9.17) is 0 Å². The van der Waals surface area contributed by atoms with Crippen molar-refractivity contribution in [3.63, 3.8) is 0 Å². The lowest BCUT2D eigenvalue weighted by Gasteiger charge is -2.24. The van der Waals surface area contributed by atoms with Gasteiger partial charge in [0.2, 0.25) is 0 Å². The molecule has 0 aliphatic heterocycles. The molecule has 0 spiro atoms. The monoisotopic (exact) mass is 361 g/mol. The number of aromatic nitrogens is 5. The van der Waals surface area contributed by atoms with Crippen LogP contribution in [0.2, 0.25) is 0 Å². The third-order valence-corrected chi connectivity index (χ3v) is 6.21. The number of nitrogens with zero attached hydrogens (tertiary/aromatic N) is 5. The highest BCUT2D eigenvalue weighted by atomic mass is 32.2. The largest absolute Gasteiger partial charge is 0.303 e. The standard InChI is InChI=1S/C16H19N5OS2/c1-11-18-19-16(21(11)13-5-3-2-4-6-13)24-10-12-9-14(22)20-7-8-23-15(20)17-12/h7-9,13H,2-6,10H2,1H3. The highest BCUT2D eigenvalue weighted by molar-refractivity contribution is 7.98. The maximum Gasteiger partial charge on any atom is 0.258 e. The maximum absolute atomic E-state index is 12.1. The molecule has 6 nitrogen and oxygen atoms in total. The molecule has 8 heteroatoms. The van der Waals surface area contributed by atoms with Crippen molar-refractivity contribution in [1.29, 1.82) is 0 Å². The Balaban J connectivity index is 1.56. The average molecular weight is 361 g/mol. The molecule has 0 radical (unpaired) electrons. The summed E-state index contributed by atoms with van der Waals surface area (Å²) in [6.07, 6.45) is 8.05. The second kappa shape index (κ2) is 6.68. The minimum atomic E-state index is -0.0261. The van der Waals surface area contributed by atoms with E-state index in [1.165, 1.54) is 43.4 Å². The molecular weight excluding hydrogens is 342 g/mol. The zero-order valence-electron chi connectivity index (χ0n) is 13.5. The smallest absolute Gasteiger partial charge is 0.258 e. The first-order valence-electron chi connectivity index (χ1n) is 8.22. The molecule has 1 aliphatic carbocycles. The molecule has 3 aromatic heterocycles. The Kier molecular flexibility index (Phi) is 4.41. The summed E-state index contributed by atoms with van der Waals surface area (Å²) < 4.78 is 3.86. The van der Waals surface area contributed by atoms with Crippen LogP contribution >= 0.6 is 23.1 Å². The first-order valence-corrected chi connectivity index (χ1v) is 10.1. The van der Waals surface area contributed by atoms with Crippen molar-refractivity contribution in [3.8, 4) is 0 Å². The van der Waals surface area contributed by atoms with Crippen LogP contribution in [0, 0.1) is 6.92 Å². The summed E-state index contributed by atoms with van der Waals surface area (Å²) in [6.45, 7) is 2.02. The molecule has 0 N–H and O–H groups in total. The molecule has 0 amide bonds. The van der Waals surface area contributed by atoms with Gasteiger partial charge in [0, 0.05) is 29.4 Å². The molecule has 1 fully saturated rings. The summed E-state index contributed by atoms with van der Waals surface area (Å²) >= 11 is 3.09. The SMILES string of the molecule is Cc1nnc(SCc2cc(=O)n3ccsc3n2)n1C1CCCCC1. The lowest BCUT2D eigenvalue weighted by molar-refractivity contribution is 0.332. The first-order chi connectivity index (χ1) is 11.7. The molecule has 0 unspecified atom stereocenters. The molecule has 0 aromatic carbocycles. The number of thioether (sulfide) groups is 1. The van der Waals surface area contributed by atoms with Gasteiger partial charge in [-0.15, -0.1) is 21.5 Å². The Morgan fingerprint density at radius 2 is 2.12 bits per heavy atom. The van der Waals surface area contributed by atoms with Gasteiger partial charge in [-0.2, -0.15) is 0 Å². The average Bonchev–Trinajstić information content (AvgIpc) is 3.20. The van der Waals surface area contributed by atoms with Gasteiger partial charge >= 0.3 is 0 Å². The predicted molar refractivity (Wildman–Crippen MR) is 95.8 cm³/mol. The second-order valence-corrected chi connectivity index (χ2v) is 7.94. The third-order valence-electron chi connectivity index (χ3n) is 4.48. The Morgan fingerprint density at radius 3 is 2.96 bits per heavy atom. The van der Waals surface area contributed by atoms with E-state index < -0.39 is 0 Å². The highest BCUT2D eigenvalue weighted by Gasteiger charge is 2.21. The fourth-order valence-electron chi connectivity index (χ4n) is 3.31. The second-order valence-electron chi connectivity index (χ2n) is 6.12. The van der Waals surface area contributed by atoms with Crippen LogP contribution in [0.15, 0.2) is 27.6 Å². The van der Waals surface area contributed by atoms with Crippen LogP contribution in [-0.4, -0.2) is 24.1 Å². The van der Waals surface area contributed by atoms with E-state index in [0.717, 1.165) is 21.6 Å². The van der Waals surface area contributed by atoms with Gasteiger partial charge in [0.1, 0.15) is 5.82 Å². The maximum atomic E-state index is 12.1. The molecule has 0 bridgehead atoms. The van der Waals surface area contributed by atoms with E-state index in [-0.39, 0.29) is 5.56 Å². The first kappa shape index (κ1) is 15.8. The van der Waals surface area contributed by atoms with Crippen LogP contribution in [-0.2, 0) is 5.75 Å². The topological polar surface area (TPSA) is 65.1 Å². The van der Waals surface area contributed by atoms with Crippen molar-refractivity contribution in [1.82, 2.24) is 24.1 Å². The quantitative estimate of drug-likeness (QED) is 0.666. The molecule has 1 saturated carbocycles. The van der Waals surface area contributed by atoms with Crippen molar-refractivity contribution in [3.05, 3.63) is 39.5 Å². The minimum absolute atomic E-state index is 0.0261. The molecule has 24 heavy (non-hydrogen) atoms. The van der Waals surface area contributed by atoms with E-state index >= 15 is 0 Å². The summed E-state index contributed by atoms with van der Waals surface area (Å²) in [7, 11) is 0. The van der Waals surface area contributed by atoms with Crippen LogP contribution in [0.25, 0.3) is 4.96 Å². The van der Waals surface area contributed by atoms with Gasteiger partial charge in [0.25, 0.3) is 5.56 Å². The predicted octanol–water partition coefficient (Wildman–Crippen LogP) is 3.45. The molecule has 4 rings (SSSR count). The van der Waals surface area contributed by atoms with E-state index in [0.29, 0.717) is 11.8 Å². The normalized spacial score (nSPS) is 16.0. The van der Waals surface area contributed by atoms with Crippen molar-refractivity contribution < 1.29 is 0 Å². The van der Waals surface area contributed by atoms with Gasteiger partial charge in [0.05, 0.1) is 5.69 Å². The lowest BCUT2D eigenvalue weighted by Crippen LogP contribution is -2.15. The Morgan fingerprint density at radius 1 is 1.29 bits per heavy atom. The van der Waals surface area contributed by atoms with Crippen molar-refractivity contribution in [2.45, 2.75) is 56.0 Å². The van der Waals surface area contributed by atoms with Crippen molar-refractivity contribution >= 4 is 28.1 Å². The number of aryl methyl sites for hydroxylation is 1. The fraction of sp³-hybridized carbons (Fsp3) is 0.500. The third kappa shape index (κ3) is 3.00. The van der Waals surface area contributed by atoms with E-state index in [1.54, 1.807) is 28.4 Å². The number of rotatable bonds is 4. The summed E-state index contributed by atoms with van der Waals surface area (Å²) in [5.41, 5.74) is 0.769. The molecule has 3 heterocycles. The summed E-state index contributed by atoms with van der Waals surface area (Å²) in [5, 5.41) is 11.4. The van der Waals surface area contributed by atoms with E-state index in [9.17, 15) is 4.79 Å². The van der Waals surface area contributed by atoms with Gasteiger partial charge in [-0.1, -0.05) is 31.0 Å². The number of hydrogen-bond donors (Lipinski definition) is 0. The number of fused-ring (bicyclic) bond motifs is 1. The van der Waals surface area contributed by atoms with Crippen molar-refractivity contribution in [2.75, 3.05) is 0 Å². The molecule has 1 aliphatic rings. The summed E-state index contributed by atoms with van der Waals surface area (Å²) in [5.74, 6) is 1.61. The Hall–Kier alpha value is -1.67.